The van der Waals surface area contributed by atoms with Crippen LogP contribution in [0.25, 0.3) is 0 Å². The van der Waals surface area contributed by atoms with Crippen LogP contribution in [-0.4, -0.2) is 35.6 Å². The number of carbonyl (C=O) groups excluding carboxylic acids is 1. The molecule has 0 aliphatic carbocycles. The first-order valence-electron chi connectivity index (χ1n) is 6.36. The molecule has 1 atom stereocenters. The maximum absolute atomic E-state index is 13.8. The van der Waals surface area contributed by atoms with Crippen LogP contribution in [0.4, 0.5) is 13.6 Å². The van der Waals surface area contributed by atoms with E-state index in [-0.39, 0.29) is 13.0 Å². The van der Waals surface area contributed by atoms with Crippen LogP contribution in [-0.2, 0) is 4.74 Å². The average Bonchev–Trinajstić information content (AvgIpc) is 2.60. The Morgan fingerprint density at radius 3 is 2.39 bits per heavy atom. The highest BCUT2D eigenvalue weighted by molar-refractivity contribution is 5.68. The smallest absolute Gasteiger partial charge is 0.410 e. The second-order valence-corrected chi connectivity index (χ2v) is 6.27. The number of likely N-dealkylation sites (tertiary alicyclic amines) is 1. The Hall–Kier alpha value is -0.870. The van der Waals surface area contributed by atoms with Gasteiger partial charge in [0.2, 0.25) is 0 Å². The van der Waals surface area contributed by atoms with Crippen LogP contribution in [0.5, 0.6) is 0 Å². The molecule has 1 rings (SSSR count). The lowest BCUT2D eigenvalue weighted by Crippen LogP contribution is -2.43. The summed E-state index contributed by atoms with van der Waals surface area (Å²) in [5.74, 6) is -2.75. The molecule has 0 radical (unpaired) electrons. The van der Waals surface area contributed by atoms with Crippen LogP contribution in [0.15, 0.2) is 0 Å². The lowest BCUT2D eigenvalue weighted by atomic mass is 9.81. The second-order valence-electron chi connectivity index (χ2n) is 6.27. The van der Waals surface area contributed by atoms with Gasteiger partial charge < -0.3 is 9.64 Å². The van der Waals surface area contributed by atoms with E-state index in [1.54, 1.807) is 27.7 Å². The van der Waals surface area contributed by atoms with Gasteiger partial charge in [0.15, 0.2) is 0 Å². The SMILES string of the molecule is CCC(F)(F)C1(C)CCN(C(=O)OC(C)(C)C)C1. The van der Waals surface area contributed by atoms with Gasteiger partial charge in [-0.15, -0.1) is 0 Å². The van der Waals surface area contributed by atoms with Crippen LogP contribution in [0, 0.1) is 5.41 Å². The number of hydrogen-bond donors (Lipinski definition) is 0. The summed E-state index contributed by atoms with van der Waals surface area (Å²) in [6.07, 6.45) is -0.392. The third-order valence-electron chi connectivity index (χ3n) is 3.45. The zero-order chi connectivity index (χ0) is 14.2. The molecule has 1 fully saturated rings. The van der Waals surface area contributed by atoms with E-state index in [1.807, 2.05) is 0 Å². The minimum atomic E-state index is -2.75. The quantitative estimate of drug-likeness (QED) is 0.760. The number of ether oxygens (including phenoxy) is 1. The molecule has 106 valence electrons. The van der Waals surface area contributed by atoms with E-state index in [4.69, 9.17) is 4.74 Å². The van der Waals surface area contributed by atoms with E-state index < -0.39 is 23.0 Å². The molecule has 1 saturated heterocycles. The van der Waals surface area contributed by atoms with Crippen molar-refractivity contribution in [3.8, 4) is 0 Å². The molecule has 0 aromatic heterocycles. The van der Waals surface area contributed by atoms with Gasteiger partial charge in [-0.05, 0) is 27.2 Å². The molecule has 0 spiro atoms. The van der Waals surface area contributed by atoms with Crippen molar-refractivity contribution in [3.63, 3.8) is 0 Å². The van der Waals surface area contributed by atoms with E-state index in [1.165, 1.54) is 11.8 Å². The first-order chi connectivity index (χ1) is 8.01. The monoisotopic (exact) mass is 263 g/mol. The number of amides is 1. The van der Waals surface area contributed by atoms with Crippen LogP contribution in [0.3, 0.4) is 0 Å². The predicted molar refractivity (Wildman–Crippen MR) is 65.8 cm³/mol. The number of nitrogens with zero attached hydrogens (tertiary/aromatic N) is 1. The summed E-state index contributed by atoms with van der Waals surface area (Å²) in [5, 5.41) is 0. The first-order valence-corrected chi connectivity index (χ1v) is 6.36. The Bertz CT molecular complexity index is 325. The summed E-state index contributed by atoms with van der Waals surface area (Å²) >= 11 is 0. The highest BCUT2D eigenvalue weighted by Crippen LogP contribution is 2.46. The molecule has 1 aliphatic heterocycles. The largest absolute Gasteiger partial charge is 0.444 e. The summed E-state index contributed by atoms with van der Waals surface area (Å²) in [6, 6.07) is 0. The second kappa shape index (κ2) is 4.67. The van der Waals surface area contributed by atoms with Crippen LogP contribution < -0.4 is 0 Å². The van der Waals surface area contributed by atoms with Crippen molar-refractivity contribution in [1.29, 1.82) is 0 Å². The van der Waals surface area contributed by atoms with Crippen molar-refractivity contribution >= 4 is 6.09 Å². The molecule has 1 unspecified atom stereocenters. The number of hydrogen-bond acceptors (Lipinski definition) is 2. The number of rotatable bonds is 2. The lowest BCUT2D eigenvalue weighted by molar-refractivity contribution is -0.110. The van der Waals surface area contributed by atoms with E-state index >= 15 is 0 Å². The molecular weight excluding hydrogens is 240 g/mol. The number of alkyl halides is 2. The maximum atomic E-state index is 13.8. The van der Waals surface area contributed by atoms with E-state index in [0.717, 1.165) is 0 Å². The topological polar surface area (TPSA) is 29.5 Å². The van der Waals surface area contributed by atoms with Crippen molar-refractivity contribution in [2.75, 3.05) is 13.1 Å². The lowest BCUT2D eigenvalue weighted by Gasteiger charge is -2.33. The van der Waals surface area contributed by atoms with E-state index in [2.05, 4.69) is 0 Å². The fourth-order valence-electron chi connectivity index (χ4n) is 2.17. The molecule has 0 aromatic rings. The Labute approximate surface area is 107 Å². The van der Waals surface area contributed by atoms with Gasteiger partial charge in [-0.3, -0.25) is 0 Å². The minimum absolute atomic E-state index is 0.0583. The zero-order valence-corrected chi connectivity index (χ0v) is 11.8. The van der Waals surface area contributed by atoms with Crippen LogP contribution in [0.1, 0.15) is 47.5 Å². The molecule has 18 heavy (non-hydrogen) atoms. The molecule has 0 N–H and O–H groups in total. The number of carbonyl (C=O) groups is 1. The predicted octanol–water partition coefficient (Wildman–Crippen LogP) is 3.68. The summed E-state index contributed by atoms with van der Waals surface area (Å²) in [4.78, 5) is 13.2. The van der Waals surface area contributed by atoms with Crippen molar-refractivity contribution in [1.82, 2.24) is 4.90 Å². The molecule has 1 amide bonds. The molecular formula is C13H23F2NO2. The summed E-state index contributed by atoms with van der Waals surface area (Å²) in [6.45, 7) is 8.70. The standard InChI is InChI=1S/C13H23F2NO2/c1-6-13(14,15)12(5)7-8-16(9-12)10(17)18-11(2,3)4/h6-9H2,1-5H3. The molecule has 0 bridgehead atoms. The molecule has 1 heterocycles. The van der Waals surface area contributed by atoms with Gasteiger partial charge in [0.25, 0.3) is 5.92 Å². The van der Waals surface area contributed by atoms with Gasteiger partial charge in [-0.25, -0.2) is 13.6 Å². The van der Waals surface area contributed by atoms with Gasteiger partial charge in [-0.2, -0.15) is 0 Å². The zero-order valence-electron chi connectivity index (χ0n) is 11.8. The van der Waals surface area contributed by atoms with Gasteiger partial charge in [0.05, 0.1) is 5.41 Å². The Kier molecular flexibility index (Phi) is 3.94. The average molecular weight is 263 g/mol. The molecule has 3 nitrogen and oxygen atoms in total. The van der Waals surface area contributed by atoms with E-state index in [9.17, 15) is 13.6 Å². The molecule has 0 saturated carbocycles. The Morgan fingerprint density at radius 1 is 1.39 bits per heavy atom. The number of halogens is 2. The summed E-state index contributed by atoms with van der Waals surface area (Å²) < 4.78 is 32.9. The highest BCUT2D eigenvalue weighted by Gasteiger charge is 2.53. The van der Waals surface area contributed by atoms with Gasteiger partial charge in [-0.1, -0.05) is 13.8 Å². The van der Waals surface area contributed by atoms with Gasteiger partial charge >= 0.3 is 6.09 Å². The van der Waals surface area contributed by atoms with Gasteiger partial charge in [0, 0.05) is 19.5 Å². The molecule has 0 aromatic carbocycles. The Morgan fingerprint density at radius 2 is 1.94 bits per heavy atom. The summed E-state index contributed by atoms with van der Waals surface area (Å²) in [7, 11) is 0. The third-order valence-corrected chi connectivity index (χ3v) is 3.45. The van der Waals surface area contributed by atoms with E-state index in [0.29, 0.717) is 13.0 Å². The molecule has 1 aliphatic rings. The van der Waals surface area contributed by atoms with Crippen LogP contribution in [0.2, 0.25) is 0 Å². The van der Waals surface area contributed by atoms with Crippen molar-refractivity contribution < 1.29 is 18.3 Å². The first kappa shape index (κ1) is 15.2. The highest BCUT2D eigenvalue weighted by atomic mass is 19.3. The molecule has 5 heteroatoms. The fourth-order valence-corrected chi connectivity index (χ4v) is 2.17. The minimum Gasteiger partial charge on any atom is -0.444 e. The maximum Gasteiger partial charge on any atom is 0.410 e. The Balaban J connectivity index is 2.69. The normalized spacial score (nSPS) is 25.4. The van der Waals surface area contributed by atoms with Crippen molar-refractivity contribution in [2.24, 2.45) is 5.41 Å². The third kappa shape index (κ3) is 3.12. The summed E-state index contributed by atoms with van der Waals surface area (Å²) in [5.41, 5.74) is -1.73. The van der Waals surface area contributed by atoms with Gasteiger partial charge in [0.1, 0.15) is 5.60 Å². The van der Waals surface area contributed by atoms with Crippen molar-refractivity contribution in [3.05, 3.63) is 0 Å². The van der Waals surface area contributed by atoms with Crippen molar-refractivity contribution in [2.45, 2.75) is 59.0 Å². The fraction of sp³-hybridized carbons (Fsp3) is 0.923. The van der Waals surface area contributed by atoms with Crippen LogP contribution >= 0.6 is 0 Å².